The van der Waals surface area contributed by atoms with Crippen molar-refractivity contribution in [1.82, 2.24) is 4.90 Å². The lowest BCUT2D eigenvalue weighted by Crippen LogP contribution is -2.30. The molecule has 0 spiro atoms. The van der Waals surface area contributed by atoms with Crippen molar-refractivity contribution < 1.29 is 14.3 Å². The Balaban J connectivity index is 2.10. The van der Waals surface area contributed by atoms with Crippen LogP contribution >= 0.6 is 11.3 Å². The molecule has 2 rings (SSSR count). The minimum atomic E-state index is -0.185. The molecule has 0 saturated carbocycles. The van der Waals surface area contributed by atoms with Gasteiger partial charge in [0.15, 0.2) is 0 Å². The van der Waals surface area contributed by atoms with Gasteiger partial charge in [0, 0.05) is 19.5 Å². The van der Waals surface area contributed by atoms with Gasteiger partial charge < -0.3 is 15.0 Å². The van der Waals surface area contributed by atoms with Crippen LogP contribution in [0.3, 0.4) is 0 Å². The Bertz CT molecular complexity index is 878. The average molecular weight is 400 g/mol. The first-order valence-electron chi connectivity index (χ1n) is 9.20. The third kappa shape index (κ3) is 4.90. The van der Waals surface area contributed by atoms with Crippen LogP contribution in [0.25, 0.3) is 0 Å². The fourth-order valence-corrected chi connectivity index (χ4v) is 3.98. The van der Waals surface area contributed by atoms with Crippen LogP contribution in [0.5, 0.6) is 5.75 Å². The van der Waals surface area contributed by atoms with Crippen molar-refractivity contribution >= 4 is 28.2 Å². The molecule has 2 amide bonds. The molecule has 0 aliphatic heterocycles. The first kappa shape index (κ1) is 21.5. The van der Waals surface area contributed by atoms with Gasteiger partial charge >= 0.3 is 0 Å². The van der Waals surface area contributed by atoms with Crippen LogP contribution < -0.4 is 10.1 Å². The van der Waals surface area contributed by atoms with Crippen LogP contribution in [0.2, 0.25) is 0 Å². The highest BCUT2D eigenvalue weighted by Crippen LogP contribution is 2.33. The molecule has 1 heterocycles. The van der Waals surface area contributed by atoms with E-state index in [0.29, 0.717) is 40.5 Å². The van der Waals surface area contributed by atoms with Crippen molar-refractivity contribution in [3.8, 4) is 11.8 Å². The van der Waals surface area contributed by atoms with Crippen LogP contribution in [0.1, 0.15) is 46.6 Å². The molecular formula is C21H25N3O3S. The number of nitriles is 1. The normalized spacial score (nSPS) is 10.2. The van der Waals surface area contributed by atoms with Crippen molar-refractivity contribution in [1.29, 1.82) is 5.26 Å². The largest absolute Gasteiger partial charge is 0.497 e. The van der Waals surface area contributed by atoms with Gasteiger partial charge in [0.05, 0.1) is 17.6 Å². The number of thiophene rings is 1. The number of benzene rings is 1. The summed E-state index contributed by atoms with van der Waals surface area (Å²) in [5.74, 6) is 0.476. The third-order valence-corrected chi connectivity index (χ3v) is 5.75. The highest BCUT2D eigenvalue weighted by Gasteiger charge is 2.23. The first-order chi connectivity index (χ1) is 13.4. The average Bonchev–Trinajstić information content (AvgIpc) is 3.02. The molecule has 1 N–H and O–H groups in total. The second kappa shape index (κ2) is 9.90. The number of hydrogen-bond donors (Lipinski definition) is 1. The summed E-state index contributed by atoms with van der Waals surface area (Å²) < 4.78 is 5.13. The third-order valence-electron chi connectivity index (χ3n) is 4.56. The standard InChI is InChI=1S/C21H25N3O3S/c1-5-24(6-2)21(26)19-14(3)17(13-22)20(28-19)23-18(25)12-9-15-7-10-16(27-4)11-8-15/h7-8,10-11H,5-6,9,12H2,1-4H3,(H,23,25). The van der Waals surface area contributed by atoms with Gasteiger partial charge in [-0.2, -0.15) is 5.26 Å². The van der Waals surface area contributed by atoms with Crippen molar-refractivity contribution in [3.05, 3.63) is 45.8 Å². The van der Waals surface area contributed by atoms with E-state index in [1.165, 1.54) is 11.3 Å². The highest BCUT2D eigenvalue weighted by atomic mass is 32.1. The molecule has 0 radical (unpaired) electrons. The molecule has 7 heteroatoms. The van der Waals surface area contributed by atoms with Gasteiger partial charge in [0.2, 0.25) is 5.91 Å². The molecule has 0 bridgehead atoms. The lowest BCUT2D eigenvalue weighted by Gasteiger charge is -2.17. The Labute approximate surface area is 169 Å². The van der Waals surface area contributed by atoms with E-state index >= 15 is 0 Å². The molecule has 28 heavy (non-hydrogen) atoms. The zero-order chi connectivity index (χ0) is 20.7. The number of amides is 2. The number of carbonyl (C=O) groups is 2. The van der Waals surface area contributed by atoms with E-state index in [4.69, 9.17) is 4.74 Å². The second-order valence-corrected chi connectivity index (χ2v) is 7.27. The van der Waals surface area contributed by atoms with Crippen LogP contribution in [0, 0.1) is 18.3 Å². The van der Waals surface area contributed by atoms with Gasteiger partial charge in [-0.3, -0.25) is 9.59 Å². The Morgan fingerprint density at radius 1 is 1.21 bits per heavy atom. The zero-order valence-corrected chi connectivity index (χ0v) is 17.5. The smallest absolute Gasteiger partial charge is 0.264 e. The number of aryl methyl sites for hydroxylation is 1. The van der Waals surface area contributed by atoms with Gasteiger partial charge in [-0.1, -0.05) is 12.1 Å². The number of ether oxygens (including phenoxy) is 1. The quantitative estimate of drug-likeness (QED) is 0.728. The maximum absolute atomic E-state index is 12.7. The van der Waals surface area contributed by atoms with E-state index in [1.807, 2.05) is 38.1 Å². The van der Waals surface area contributed by atoms with Crippen LogP contribution in [-0.4, -0.2) is 36.9 Å². The van der Waals surface area contributed by atoms with Crippen LogP contribution in [0.15, 0.2) is 24.3 Å². The predicted molar refractivity (Wildman–Crippen MR) is 111 cm³/mol. The van der Waals surface area contributed by atoms with E-state index in [0.717, 1.165) is 11.3 Å². The topological polar surface area (TPSA) is 82.4 Å². The summed E-state index contributed by atoms with van der Waals surface area (Å²) in [6, 6.07) is 9.67. The number of anilines is 1. The van der Waals surface area contributed by atoms with Crippen molar-refractivity contribution in [2.45, 2.75) is 33.6 Å². The summed E-state index contributed by atoms with van der Waals surface area (Å²) in [5, 5.41) is 12.7. The van der Waals surface area contributed by atoms with Gasteiger partial charge in [-0.05, 0) is 50.5 Å². The molecule has 0 aliphatic rings. The van der Waals surface area contributed by atoms with Gasteiger partial charge in [0.25, 0.3) is 5.91 Å². The number of methoxy groups -OCH3 is 1. The molecule has 1 aromatic carbocycles. The summed E-state index contributed by atoms with van der Waals surface area (Å²) >= 11 is 1.17. The van der Waals surface area contributed by atoms with E-state index in [1.54, 1.807) is 18.9 Å². The number of hydrogen-bond acceptors (Lipinski definition) is 5. The molecule has 1 aromatic heterocycles. The molecule has 0 unspecified atom stereocenters. The molecule has 148 valence electrons. The zero-order valence-electron chi connectivity index (χ0n) is 16.7. The van der Waals surface area contributed by atoms with Gasteiger partial charge in [-0.25, -0.2) is 0 Å². The number of nitrogens with one attached hydrogen (secondary N) is 1. The second-order valence-electron chi connectivity index (χ2n) is 6.25. The summed E-state index contributed by atoms with van der Waals surface area (Å²) in [4.78, 5) is 27.3. The molecule has 0 atom stereocenters. The summed E-state index contributed by atoms with van der Waals surface area (Å²) in [6.45, 7) is 6.77. The van der Waals surface area contributed by atoms with Crippen molar-refractivity contribution in [2.75, 3.05) is 25.5 Å². The molecule has 0 aliphatic carbocycles. The number of rotatable bonds is 8. The van der Waals surface area contributed by atoms with Crippen molar-refractivity contribution in [3.63, 3.8) is 0 Å². The Hall–Kier alpha value is -2.85. The number of nitrogens with zero attached hydrogens (tertiary/aromatic N) is 2. The summed E-state index contributed by atoms with van der Waals surface area (Å²) in [7, 11) is 1.61. The van der Waals surface area contributed by atoms with Gasteiger partial charge in [-0.15, -0.1) is 11.3 Å². The van der Waals surface area contributed by atoms with Crippen molar-refractivity contribution in [2.24, 2.45) is 0 Å². The monoisotopic (exact) mass is 399 g/mol. The molecule has 0 fully saturated rings. The fourth-order valence-electron chi connectivity index (χ4n) is 2.83. The SMILES string of the molecule is CCN(CC)C(=O)c1sc(NC(=O)CCc2ccc(OC)cc2)c(C#N)c1C. The van der Waals surface area contributed by atoms with Crippen LogP contribution in [-0.2, 0) is 11.2 Å². The van der Waals surface area contributed by atoms with E-state index < -0.39 is 0 Å². The molecule has 0 saturated heterocycles. The molecule has 6 nitrogen and oxygen atoms in total. The maximum atomic E-state index is 12.7. The highest BCUT2D eigenvalue weighted by molar-refractivity contribution is 7.18. The Kier molecular flexibility index (Phi) is 7.59. The molecule has 2 aromatic rings. The Morgan fingerprint density at radius 2 is 1.86 bits per heavy atom. The fraction of sp³-hybridized carbons (Fsp3) is 0.381. The summed E-state index contributed by atoms with van der Waals surface area (Å²) in [5.41, 5.74) is 2.00. The Morgan fingerprint density at radius 3 is 2.39 bits per heavy atom. The van der Waals surface area contributed by atoms with Crippen LogP contribution in [0.4, 0.5) is 5.00 Å². The minimum Gasteiger partial charge on any atom is -0.497 e. The lowest BCUT2D eigenvalue weighted by atomic mass is 10.1. The summed E-state index contributed by atoms with van der Waals surface area (Å²) in [6.07, 6.45) is 0.862. The molecular weight excluding hydrogens is 374 g/mol. The van der Waals surface area contributed by atoms with E-state index in [-0.39, 0.29) is 18.2 Å². The van der Waals surface area contributed by atoms with Gasteiger partial charge in [0.1, 0.15) is 16.8 Å². The maximum Gasteiger partial charge on any atom is 0.264 e. The van der Waals surface area contributed by atoms with E-state index in [9.17, 15) is 14.9 Å². The first-order valence-corrected chi connectivity index (χ1v) is 10.0. The van der Waals surface area contributed by atoms with E-state index in [2.05, 4.69) is 11.4 Å². The predicted octanol–water partition coefficient (Wildman–Crippen LogP) is 3.99. The number of carbonyl (C=O) groups excluding carboxylic acids is 2. The lowest BCUT2D eigenvalue weighted by molar-refractivity contribution is -0.116. The minimum absolute atomic E-state index is 0.109.